The zero-order valence-corrected chi connectivity index (χ0v) is 16.2. The van der Waals surface area contributed by atoms with Crippen molar-refractivity contribution in [3.63, 3.8) is 0 Å². The number of rotatable bonds is 5. The molecule has 0 aliphatic rings. The van der Waals surface area contributed by atoms with E-state index in [2.05, 4.69) is 10.3 Å². The summed E-state index contributed by atoms with van der Waals surface area (Å²) in [6.45, 7) is -0.581. The molecule has 0 radical (unpaired) electrons. The molecular formula is C22H14F2N2O3S. The number of carbonyl (C=O) groups is 2. The number of hydrogen-bond donors (Lipinski definition) is 1. The molecule has 0 saturated carbocycles. The van der Waals surface area contributed by atoms with Gasteiger partial charge >= 0.3 is 5.97 Å². The third-order valence-corrected chi connectivity index (χ3v) is 5.14. The van der Waals surface area contributed by atoms with Crippen LogP contribution in [-0.2, 0) is 9.53 Å². The van der Waals surface area contributed by atoms with Crippen LogP contribution in [0.15, 0.2) is 66.0 Å². The molecule has 0 atom stereocenters. The SMILES string of the molecule is O=C(COC(=O)c1cc(-c2cccs2)nc2ccccc12)Nc1ccc(F)c(F)c1. The summed E-state index contributed by atoms with van der Waals surface area (Å²) in [5.41, 5.74) is 1.59. The summed E-state index contributed by atoms with van der Waals surface area (Å²) in [5.74, 6) is -3.47. The van der Waals surface area contributed by atoms with Gasteiger partial charge in [-0.2, -0.15) is 0 Å². The van der Waals surface area contributed by atoms with Gasteiger partial charge in [0, 0.05) is 17.1 Å². The van der Waals surface area contributed by atoms with Crippen molar-refractivity contribution in [3.05, 3.63) is 83.2 Å². The molecule has 30 heavy (non-hydrogen) atoms. The zero-order valence-electron chi connectivity index (χ0n) is 15.4. The molecule has 2 heterocycles. The molecule has 0 saturated heterocycles. The van der Waals surface area contributed by atoms with Crippen molar-refractivity contribution >= 4 is 39.8 Å². The molecule has 0 aliphatic carbocycles. The van der Waals surface area contributed by atoms with Crippen molar-refractivity contribution in [1.29, 1.82) is 0 Å². The fourth-order valence-electron chi connectivity index (χ4n) is 2.87. The van der Waals surface area contributed by atoms with Crippen LogP contribution in [0, 0.1) is 11.6 Å². The minimum absolute atomic E-state index is 0.0595. The normalized spacial score (nSPS) is 10.7. The topological polar surface area (TPSA) is 68.3 Å². The molecule has 4 aromatic rings. The molecular weight excluding hydrogens is 410 g/mol. The van der Waals surface area contributed by atoms with Gasteiger partial charge in [-0.05, 0) is 35.7 Å². The number of carbonyl (C=O) groups excluding carboxylic acids is 2. The maximum absolute atomic E-state index is 13.3. The van der Waals surface area contributed by atoms with Crippen molar-refractivity contribution < 1.29 is 23.1 Å². The van der Waals surface area contributed by atoms with Crippen LogP contribution in [0.2, 0.25) is 0 Å². The number of anilines is 1. The fourth-order valence-corrected chi connectivity index (χ4v) is 3.56. The summed E-state index contributed by atoms with van der Waals surface area (Å²) < 4.78 is 31.4. The molecule has 5 nitrogen and oxygen atoms in total. The van der Waals surface area contributed by atoms with E-state index in [0.29, 0.717) is 16.6 Å². The highest BCUT2D eigenvalue weighted by atomic mass is 32.1. The van der Waals surface area contributed by atoms with Crippen LogP contribution in [0.25, 0.3) is 21.5 Å². The van der Waals surface area contributed by atoms with E-state index in [1.807, 2.05) is 23.6 Å². The Morgan fingerprint density at radius 2 is 1.83 bits per heavy atom. The van der Waals surface area contributed by atoms with Crippen LogP contribution < -0.4 is 5.32 Å². The first-order valence-electron chi connectivity index (χ1n) is 8.87. The number of hydrogen-bond acceptors (Lipinski definition) is 5. The number of amides is 1. The van der Waals surface area contributed by atoms with Crippen molar-refractivity contribution in [1.82, 2.24) is 4.98 Å². The third-order valence-electron chi connectivity index (χ3n) is 4.25. The van der Waals surface area contributed by atoms with Crippen LogP contribution in [0.3, 0.4) is 0 Å². The second-order valence-corrected chi connectivity index (χ2v) is 7.25. The maximum Gasteiger partial charge on any atom is 0.339 e. The van der Waals surface area contributed by atoms with E-state index >= 15 is 0 Å². The molecule has 2 aromatic carbocycles. The van der Waals surface area contributed by atoms with Crippen LogP contribution in [0.4, 0.5) is 14.5 Å². The van der Waals surface area contributed by atoms with Gasteiger partial charge in [0.05, 0.1) is 21.7 Å². The number of benzene rings is 2. The molecule has 0 fully saturated rings. The maximum atomic E-state index is 13.3. The summed E-state index contributed by atoms with van der Waals surface area (Å²) >= 11 is 1.49. The monoisotopic (exact) mass is 424 g/mol. The number of para-hydroxylation sites is 1. The molecule has 4 rings (SSSR count). The number of thiophene rings is 1. The smallest absolute Gasteiger partial charge is 0.339 e. The third kappa shape index (κ3) is 4.18. The van der Waals surface area contributed by atoms with Crippen molar-refractivity contribution in [2.45, 2.75) is 0 Å². The highest BCUT2D eigenvalue weighted by molar-refractivity contribution is 7.13. The molecule has 0 unspecified atom stereocenters. The van der Waals surface area contributed by atoms with Crippen LogP contribution in [0.1, 0.15) is 10.4 Å². The Bertz CT molecular complexity index is 1240. The van der Waals surface area contributed by atoms with Crippen LogP contribution in [-0.4, -0.2) is 23.5 Å². The van der Waals surface area contributed by atoms with Gasteiger partial charge in [0.2, 0.25) is 0 Å². The van der Waals surface area contributed by atoms with E-state index in [1.165, 1.54) is 17.4 Å². The molecule has 8 heteroatoms. The van der Waals surface area contributed by atoms with Crippen molar-refractivity contribution in [2.75, 3.05) is 11.9 Å². The molecule has 0 aliphatic heterocycles. The molecule has 0 bridgehead atoms. The van der Waals surface area contributed by atoms with E-state index in [0.717, 1.165) is 17.0 Å². The number of fused-ring (bicyclic) bond motifs is 1. The molecule has 150 valence electrons. The van der Waals surface area contributed by atoms with Gasteiger partial charge in [0.15, 0.2) is 18.2 Å². The highest BCUT2D eigenvalue weighted by Crippen LogP contribution is 2.28. The lowest BCUT2D eigenvalue weighted by molar-refractivity contribution is -0.119. The van der Waals surface area contributed by atoms with E-state index in [4.69, 9.17) is 4.74 Å². The first-order valence-corrected chi connectivity index (χ1v) is 9.75. The number of ether oxygens (including phenoxy) is 1. The Hall–Kier alpha value is -3.65. The number of aromatic nitrogens is 1. The number of halogens is 2. The fraction of sp³-hybridized carbons (Fsp3) is 0.0455. The van der Waals surface area contributed by atoms with Gasteiger partial charge in [0.25, 0.3) is 5.91 Å². The Morgan fingerprint density at radius 3 is 2.60 bits per heavy atom. The summed E-state index contributed by atoms with van der Waals surface area (Å²) in [4.78, 5) is 30.2. The van der Waals surface area contributed by atoms with Crippen LogP contribution in [0.5, 0.6) is 0 Å². The van der Waals surface area contributed by atoms with Gasteiger partial charge in [-0.1, -0.05) is 24.3 Å². The summed E-state index contributed by atoms with van der Waals surface area (Å²) in [5, 5.41) is 4.86. The first-order chi connectivity index (χ1) is 14.5. The quantitative estimate of drug-likeness (QED) is 0.456. The Morgan fingerprint density at radius 1 is 1.00 bits per heavy atom. The van der Waals surface area contributed by atoms with E-state index in [-0.39, 0.29) is 11.3 Å². The average Bonchev–Trinajstić information content (AvgIpc) is 3.29. The number of pyridine rings is 1. The van der Waals surface area contributed by atoms with Gasteiger partial charge in [-0.25, -0.2) is 18.6 Å². The van der Waals surface area contributed by atoms with E-state index in [9.17, 15) is 18.4 Å². The summed E-state index contributed by atoms with van der Waals surface area (Å²) in [7, 11) is 0. The Kier molecular flexibility index (Phi) is 5.49. The lowest BCUT2D eigenvalue weighted by Crippen LogP contribution is -2.21. The van der Waals surface area contributed by atoms with Gasteiger partial charge in [0.1, 0.15) is 0 Å². The summed E-state index contributed by atoms with van der Waals surface area (Å²) in [6, 6.07) is 15.5. The largest absolute Gasteiger partial charge is 0.452 e. The molecule has 2 aromatic heterocycles. The molecule has 1 amide bonds. The Balaban J connectivity index is 1.52. The van der Waals surface area contributed by atoms with Crippen molar-refractivity contribution in [2.24, 2.45) is 0 Å². The minimum Gasteiger partial charge on any atom is -0.452 e. The molecule has 1 N–H and O–H groups in total. The lowest BCUT2D eigenvalue weighted by Gasteiger charge is -2.10. The zero-order chi connectivity index (χ0) is 21.1. The average molecular weight is 424 g/mol. The number of nitrogens with one attached hydrogen (secondary N) is 1. The van der Waals surface area contributed by atoms with Gasteiger partial charge in [-0.3, -0.25) is 4.79 Å². The predicted octanol–water partition coefficient (Wildman–Crippen LogP) is 5.04. The lowest BCUT2D eigenvalue weighted by atomic mass is 10.1. The number of nitrogens with zero attached hydrogens (tertiary/aromatic N) is 1. The first kappa shape index (κ1) is 19.7. The standard InChI is InChI=1S/C22H14F2N2O3S/c23-16-8-7-13(10-17(16)24)25-21(27)12-29-22(28)15-11-19(20-6-3-9-30-20)26-18-5-2-1-4-14(15)18/h1-11H,12H2,(H,25,27). The van der Waals surface area contributed by atoms with Crippen LogP contribution >= 0.6 is 11.3 Å². The van der Waals surface area contributed by atoms with Gasteiger partial charge in [-0.15, -0.1) is 11.3 Å². The number of esters is 1. The summed E-state index contributed by atoms with van der Waals surface area (Å²) in [6.07, 6.45) is 0. The highest BCUT2D eigenvalue weighted by Gasteiger charge is 2.17. The second-order valence-electron chi connectivity index (χ2n) is 6.30. The second kappa shape index (κ2) is 8.38. The Labute approximate surface area is 173 Å². The van der Waals surface area contributed by atoms with E-state index in [1.54, 1.807) is 24.3 Å². The van der Waals surface area contributed by atoms with Crippen molar-refractivity contribution in [3.8, 4) is 10.6 Å². The van der Waals surface area contributed by atoms with Gasteiger partial charge < -0.3 is 10.1 Å². The molecule has 0 spiro atoms. The predicted molar refractivity (Wildman–Crippen MR) is 110 cm³/mol. The van der Waals surface area contributed by atoms with E-state index < -0.39 is 30.1 Å². The minimum atomic E-state index is -1.09.